The Balaban J connectivity index is 1.39. The van der Waals surface area contributed by atoms with Gasteiger partial charge in [-0.1, -0.05) is 43.7 Å². The van der Waals surface area contributed by atoms with E-state index in [1.165, 1.54) is 24.8 Å². The first-order valence-electron chi connectivity index (χ1n) is 8.58. The van der Waals surface area contributed by atoms with E-state index in [4.69, 9.17) is 9.47 Å². The Hall–Kier alpha value is -1.35. The highest BCUT2D eigenvalue weighted by molar-refractivity contribution is 5.76. The first kappa shape index (κ1) is 15.5. The molecule has 0 aromatic heterocycles. The molecule has 2 aliphatic carbocycles. The molecule has 3 heteroatoms. The second-order valence-corrected chi connectivity index (χ2v) is 6.75. The van der Waals surface area contributed by atoms with E-state index in [0.29, 0.717) is 25.0 Å². The van der Waals surface area contributed by atoms with Crippen LogP contribution < -0.4 is 0 Å². The van der Waals surface area contributed by atoms with Crippen molar-refractivity contribution in [3.05, 3.63) is 35.9 Å². The molecule has 0 amide bonds. The number of rotatable bonds is 6. The Morgan fingerprint density at radius 2 is 1.86 bits per heavy atom. The maximum Gasteiger partial charge on any atom is 0.309 e. The van der Waals surface area contributed by atoms with Crippen molar-refractivity contribution in [3.63, 3.8) is 0 Å². The molecule has 3 unspecified atom stereocenters. The second-order valence-electron chi connectivity index (χ2n) is 6.75. The Kier molecular flexibility index (Phi) is 5.14. The smallest absolute Gasteiger partial charge is 0.309 e. The highest BCUT2D eigenvalue weighted by Gasteiger charge is 2.53. The predicted octanol–water partition coefficient (Wildman–Crippen LogP) is 3.96. The van der Waals surface area contributed by atoms with E-state index in [0.717, 1.165) is 12.8 Å². The number of ether oxygens (including phenoxy) is 2. The van der Waals surface area contributed by atoms with Crippen molar-refractivity contribution in [2.75, 3.05) is 6.61 Å². The Morgan fingerprint density at radius 3 is 2.59 bits per heavy atom. The van der Waals surface area contributed by atoms with Gasteiger partial charge in [-0.3, -0.25) is 4.79 Å². The summed E-state index contributed by atoms with van der Waals surface area (Å²) in [4.78, 5) is 12.2. The average Bonchev–Trinajstić information content (AvgIpc) is 3.19. The molecule has 2 saturated carbocycles. The van der Waals surface area contributed by atoms with Crippen molar-refractivity contribution in [2.45, 2.75) is 51.7 Å². The summed E-state index contributed by atoms with van der Waals surface area (Å²) in [6.07, 6.45) is 5.93. The van der Waals surface area contributed by atoms with E-state index < -0.39 is 0 Å². The molecule has 0 saturated heterocycles. The van der Waals surface area contributed by atoms with Crippen LogP contribution in [0.1, 0.15) is 44.6 Å². The molecule has 1 aromatic carbocycles. The van der Waals surface area contributed by atoms with Gasteiger partial charge in [0.15, 0.2) is 0 Å². The van der Waals surface area contributed by atoms with Crippen LogP contribution in [0.25, 0.3) is 0 Å². The van der Waals surface area contributed by atoms with Crippen molar-refractivity contribution in [3.8, 4) is 0 Å². The summed E-state index contributed by atoms with van der Waals surface area (Å²) in [6, 6.07) is 10.2. The second kappa shape index (κ2) is 7.28. The van der Waals surface area contributed by atoms with Gasteiger partial charge in [-0.2, -0.15) is 0 Å². The minimum Gasteiger partial charge on any atom is -0.462 e. The van der Waals surface area contributed by atoms with Gasteiger partial charge in [0.25, 0.3) is 0 Å². The van der Waals surface area contributed by atoms with Crippen LogP contribution in [0.4, 0.5) is 0 Å². The quantitative estimate of drug-likeness (QED) is 0.746. The fourth-order valence-corrected chi connectivity index (χ4v) is 3.50. The standard InChI is InChI=1S/C19H26O3/c1-14-17(13-21-12-15-8-4-2-5-9-15)18(14)19(20)22-16-10-6-3-7-11-16/h2,4-5,8-9,14,16-18H,3,6-7,10-13H2,1H3. The monoisotopic (exact) mass is 302 g/mol. The summed E-state index contributed by atoms with van der Waals surface area (Å²) in [5.74, 6) is 0.789. The van der Waals surface area contributed by atoms with E-state index >= 15 is 0 Å². The van der Waals surface area contributed by atoms with E-state index in [9.17, 15) is 4.79 Å². The van der Waals surface area contributed by atoms with Crippen molar-refractivity contribution in [1.29, 1.82) is 0 Å². The van der Waals surface area contributed by atoms with Gasteiger partial charge in [0.2, 0.25) is 0 Å². The Labute approximate surface area is 133 Å². The third-order valence-electron chi connectivity index (χ3n) is 5.09. The van der Waals surface area contributed by atoms with Crippen LogP contribution in [0, 0.1) is 17.8 Å². The highest BCUT2D eigenvalue weighted by atomic mass is 16.5. The minimum atomic E-state index is 0.00714. The Morgan fingerprint density at radius 1 is 1.14 bits per heavy atom. The first-order chi connectivity index (χ1) is 10.8. The third kappa shape index (κ3) is 3.89. The molecular formula is C19H26O3. The zero-order valence-electron chi connectivity index (χ0n) is 13.4. The van der Waals surface area contributed by atoms with Crippen LogP contribution >= 0.6 is 0 Å². The van der Waals surface area contributed by atoms with Crippen molar-refractivity contribution >= 4 is 5.97 Å². The lowest BCUT2D eigenvalue weighted by Gasteiger charge is -2.21. The number of carbonyl (C=O) groups excluding carboxylic acids is 1. The third-order valence-corrected chi connectivity index (χ3v) is 5.09. The lowest BCUT2D eigenvalue weighted by molar-refractivity contribution is -0.153. The van der Waals surface area contributed by atoms with Gasteiger partial charge >= 0.3 is 5.97 Å². The van der Waals surface area contributed by atoms with Crippen LogP contribution in [-0.4, -0.2) is 18.7 Å². The van der Waals surface area contributed by atoms with Gasteiger partial charge in [-0.15, -0.1) is 0 Å². The van der Waals surface area contributed by atoms with Gasteiger partial charge in [-0.25, -0.2) is 0 Å². The molecule has 2 aliphatic rings. The van der Waals surface area contributed by atoms with Crippen LogP contribution in [0.5, 0.6) is 0 Å². The molecule has 22 heavy (non-hydrogen) atoms. The zero-order chi connectivity index (χ0) is 15.4. The molecule has 1 aromatic rings. The fraction of sp³-hybridized carbons (Fsp3) is 0.632. The maximum atomic E-state index is 12.2. The molecule has 120 valence electrons. The zero-order valence-corrected chi connectivity index (χ0v) is 13.4. The Bertz CT molecular complexity index is 479. The molecular weight excluding hydrogens is 276 g/mol. The number of hydrogen-bond donors (Lipinski definition) is 0. The fourth-order valence-electron chi connectivity index (χ4n) is 3.50. The van der Waals surface area contributed by atoms with E-state index in [2.05, 4.69) is 19.1 Å². The molecule has 0 bridgehead atoms. The number of carbonyl (C=O) groups is 1. The summed E-state index contributed by atoms with van der Waals surface area (Å²) < 4.78 is 11.5. The first-order valence-corrected chi connectivity index (χ1v) is 8.58. The summed E-state index contributed by atoms with van der Waals surface area (Å²) in [5, 5.41) is 0. The summed E-state index contributed by atoms with van der Waals surface area (Å²) in [5.41, 5.74) is 1.18. The van der Waals surface area contributed by atoms with Crippen molar-refractivity contribution in [1.82, 2.24) is 0 Å². The molecule has 0 radical (unpaired) electrons. The van der Waals surface area contributed by atoms with Crippen molar-refractivity contribution in [2.24, 2.45) is 17.8 Å². The van der Waals surface area contributed by atoms with E-state index in [1.54, 1.807) is 0 Å². The molecule has 0 heterocycles. The molecule has 3 rings (SSSR count). The highest BCUT2D eigenvalue weighted by Crippen LogP contribution is 2.47. The lowest BCUT2D eigenvalue weighted by atomic mass is 9.98. The van der Waals surface area contributed by atoms with Crippen LogP contribution in [-0.2, 0) is 20.9 Å². The largest absolute Gasteiger partial charge is 0.462 e. The number of hydrogen-bond acceptors (Lipinski definition) is 3. The van der Waals surface area contributed by atoms with Crippen LogP contribution in [0.3, 0.4) is 0 Å². The molecule has 0 N–H and O–H groups in total. The van der Waals surface area contributed by atoms with Gasteiger partial charge in [0, 0.05) is 0 Å². The maximum absolute atomic E-state index is 12.2. The molecule has 2 fully saturated rings. The van der Waals surface area contributed by atoms with Crippen LogP contribution in [0.2, 0.25) is 0 Å². The SMILES string of the molecule is CC1C(COCc2ccccc2)C1C(=O)OC1CCCCC1. The lowest BCUT2D eigenvalue weighted by Crippen LogP contribution is -2.22. The van der Waals surface area contributed by atoms with Gasteiger partial charge in [0.1, 0.15) is 6.10 Å². The normalized spacial score (nSPS) is 28.3. The van der Waals surface area contributed by atoms with Gasteiger partial charge < -0.3 is 9.47 Å². The van der Waals surface area contributed by atoms with Gasteiger partial charge in [-0.05, 0) is 43.1 Å². The van der Waals surface area contributed by atoms with Crippen molar-refractivity contribution < 1.29 is 14.3 Å². The number of esters is 1. The molecule has 3 nitrogen and oxygen atoms in total. The average molecular weight is 302 g/mol. The topological polar surface area (TPSA) is 35.5 Å². The van der Waals surface area contributed by atoms with Crippen LogP contribution in [0.15, 0.2) is 30.3 Å². The molecule has 3 atom stereocenters. The minimum absolute atomic E-state index is 0.00714. The summed E-state index contributed by atoms with van der Waals surface area (Å²) in [7, 11) is 0. The van der Waals surface area contributed by atoms with Gasteiger partial charge in [0.05, 0.1) is 19.1 Å². The predicted molar refractivity (Wildman–Crippen MR) is 85.2 cm³/mol. The van der Waals surface area contributed by atoms with E-state index in [-0.39, 0.29) is 18.0 Å². The summed E-state index contributed by atoms with van der Waals surface area (Å²) >= 11 is 0. The summed E-state index contributed by atoms with van der Waals surface area (Å²) in [6.45, 7) is 3.40. The molecule has 0 aliphatic heterocycles. The molecule has 0 spiro atoms. The van der Waals surface area contributed by atoms with E-state index in [1.807, 2.05) is 18.2 Å². The number of benzene rings is 1.